The first kappa shape index (κ1) is 23.8. The number of hydrogen-bond acceptors (Lipinski definition) is 0. The summed E-state index contributed by atoms with van der Waals surface area (Å²) in [6.45, 7) is 0. The zero-order valence-electron chi connectivity index (χ0n) is 14.2. The molecule has 2 aromatic carbocycles. The second-order valence-electron chi connectivity index (χ2n) is 5.94. The van der Waals surface area contributed by atoms with Crippen molar-refractivity contribution in [1.29, 1.82) is 0 Å². The van der Waals surface area contributed by atoms with Gasteiger partial charge in [-0.25, -0.2) is 0 Å². The van der Waals surface area contributed by atoms with Gasteiger partial charge >= 0.3 is 166 Å². The Balaban J connectivity index is 2.49. The van der Waals surface area contributed by atoms with Gasteiger partial charge in [-0.2, -0.15) is 0 Å². The molecule has 0 nitrogen and oxygen atoms in total. The normalized spacial score (nSPS) is 13.9. The summed E-state index contributed by atoms with van der Waals surface area (Å²) in [5.41, 5.74) is 0. The van der Waals surface area contributed by atoms with E-state index in [1.165, 1.54) is 60.7 Å². The Kier molecular flexibility index (Phi) is 6.85. The average Bonchev–Trinajstić information content (AvgIpc) is 2.67. The molecule has 0 heterocycles. The van der Waals surface area contributed by atoms with Crippen LogP contribution in [-0.2, 0) is 0 Å². The minimum atomic E-state index is -6.96. The average molecular weight is 547 g/mol. The molecule has 0 amide bonds. The Morgan fingerprint density at radius 1 is 0.621 bits per heavy atom. The minimum absolute atomic E-state index is 0.196. The molecule has 0 saturated heterocycles. The van der Waals surface area contributed by atoms with Crippen molar-refractivity contribution in [3.05, 3.63) is 60.7 Å². The second kappa shape index (κ2) is 8.34. The fourth-order valence-electron chi connectivity index (χ4n) is 2.32. The predicted molar refractivity (Wildman–Crippen MR) is 88.5 cm³/mol. The van der Waals surface area contributed by atoms with E-state index < -0.39 is 54.1 Å². The van der Waals surface area contributed by atoms with E-state index in [1.54, 1.807) is 0 Å². The molecule has 0 aliphatic heterocycles. The predicted octanol–water partition coefficient (Wildman–Crippen LogP) is 5.10. The van der Waals surface area contributed by atoms with Gasteiger partial charge in [-0.05, 0) is 0 Å². The summed E-state index contributed by atoms with van der Waals surface area (Å²) in [7, 11) is 0. The first-order valence-corrected chi connectivity index (χ1v) is 11.8. The maximum atomic E-state index is 14.3. The first-order valence-electron chi connectivity index (χ1n) is 7.86. The molecule has 0 aliphatic carbocycles. The van der Waals surface area contributed by atoms with Gasteiger partial charge in [0.15, 0.2) is 0 Å². The summed E-state index contributed by atoms with van der Waals surface area (Å²) >= 11 is -3.71. The Morgan fingerprint density at radius 3 is 1.34 bits per heavy atom. The summed E-state index contributed by atoms with van der Waals surface area (Å²) in [4.78, 5) is 0. The number of alkyl halides is 10. The van der Waals surface area contributed by atoms with Crippen molar-refractivity contribution >= 4 is 26.8 Å². The maximum absolute atomic E-state index is 14.3. The molecular formula is C18H13F10Te. The molecule has 11 heteroatoms. The van der Waals surface area contributed by atoms with Crippen molar-refractivity contribution < 1.29 is 43.9 Å². The van der Waals surface area contributed by atoms with Crippen LogP contribution < -0.4 is 7.22 Å². The molecule has 161 valence electrons. The van der Waals surface area contributed by atoms with Crippen LogP contribution in [0.5, 0.6) is 0 Å². The first-order chi connectivity index (χ1) is 13.3. The van der Waals surface area contributed by atoms with Crippen molar-refractivity contribution in [2.24, 2.45) is 0 Å². The van der Waals surface area contributed by atoms with Crippen molar-refractivity contribution in [2.45, 2.75) is 34.6 Å². The second-order valence-corrected chi connectivity index (χ2v) is 11.7. The van der Waals surface area contributed by atoms with Gasteiger partial charge < -0.3 is 0 Å². The van der Waals surface area contributed by atoms with Crippen LogP contribution >= 0.6 is 0 Å². The van der Waals surface area contributed by atoms with Crippen molar-refractivity contribution in [3.8, 4) is 0 Å². The summed E-state index contributed by atoms with van der Waals surface area (Å²) < 4.78 is 133. The molecular weight excluding hydrogens is 534 g/mol. The summed E-state index contributed by atoms with van der Waals surface area (Å²) in [6.07, 6.45) is -5.25. The molecule has 2 rings (SSSR count). The zero-order valence-corrected chi connectivity index (χ0v) is 16.6. The van der Waals surface area contributed by atoms with Gasteiger partial charge in [-0.1, -0.05) is 0 Å². The van der Waals surface area contributed by atoms with E-state index in [0.717, 1.165) is 0 Å². The van der Waals surface area contributed by atoms with Gasteiger partial charge in [0, 0.05) is 0 Å². The molecule has 1 radical (unpaired) electrons. The van der Waals surface area contributed by atoms with Gasteiger partial charge in [0.05, 0.1) is 0 Å². The third kappa shape index (κ3) is 4.36. The van der Waals surface area contributed by atoms with Gasteiger partial charge in [-0.3, -0.25) is 0 Å². The summed E-state index contributed by atoms with van der Waals surface area (Å²) in [5, 5.41) is 0. The Bertz CT molecular complexity index is 753. The fraction of sp³-hybridized carbons (Fsp3) is 0.333. The molecule has 0 fully saturated rings. The molecule has 2 aromatic rings. The molecule has 0 unspecified atom stereocenters. The van der Waals surface area contributed by atoms with Gasteiger partial charge in [-0.15, -0.1) is 0 Å². The molecule has 0 aromatic heterocycles. The van der Waals surface area contributed by atoms with Crippen molar-refractivity contribution in [3.63, 3.8) is 0 Å². The van der Waals surface area contributed by atoms with E-state index in [0.29, 0.717) is 0 Å². The third-order valence-corrected chi connectivity index (χ3v) is 10.6. The van der Waals surface area contributed by atoms with Crippen LogP contribution in [0.2, 0.25) is 4.47 Å². The monoisotopic (exact) mass is 549 g/mol. The van der Waals surface area contributed by atoms with E-state index in [-0.39, 0.29) is 7.22 Å². The molecule has 0 aliphatic rings. The molecule has 29 heavy (non-hydrogen) atoms. The topological polar surface area (TPSA) is 0 Å². The van der Waals surface area contributed by atoms with Crippen molar-refractivity contribution in [2.75, 3.05) is 0 Å². The summed E-state index contributed by atoms with van der Waals surface area (Å²) in [5.74, 6) is -26.0. The SMILES string of the molecule is FC(F)C(F)(F)C(F)(F)C(F)(F)C(F)(F)C[Te](c1ccccc1)c1ccccc1. The molecule has 0 N–H and O–H groups in total. The summed E-state index contributed by atoms with van der Waals surface area (Å²) in [6, 6.07) is 14.0. The standard InChI is InChI=1S/C18H13F10Te/c19-14(20)16(23,24)18(27,28)17(25,26)15(21,22)11-29(12-7-3-1-4-8-12)13-9-5-2-6-10-13/h1-10,14H,11H2. The van der Waals surface area contributed by atoms with E-state index in [9.17, 15) is 43.9 Å². The molecule has 0 bridgehead atoms. The Hall–Kier alpha value is -1.47. The van der Waals surface area contributed by atoms with E-state index >= 15 is 0 Å². The van der Waals surface area contributed by atoms with Crippen LogP contribution in [0.25, 0.3) is 0 Å². The number of rotatable bonds is 8. The number of benzene rings is 2. The Labute approximate surface area is 166 Å². The van der Waals surface area contributed by atoms with Gasteiger partial charge in [0.2, 0.25) is 0 Å². The fourth-order valence-corrected chi connectivity index (χ4v) is 8.37. The molecule has 0 atom stereocenters. The van der Waals surface area contributed by atoms with E-state index in [4.69, 9.17) is 0 Å². The quantitative estimate of drug-likeness (QED) is 0.319. The van der Waals surface area contributed by atoms with Gasteiger partial charge in [0.25, 0.3) is 0 Å². The van der Waals surface area contributed by atoms with Gasteiger partial charge in [0.1, 0.15) is 0 Å². The van der Waals surface area contributed by atoms with Crippen LogP contribution in [0, 0.1) is 0 Å². The Morgan fingerprint density at radius 2 is 1.00 bits per heavy atom. The zero-order chi connectivity index (χ0) is 22.1. The molecule has 0 spiro atoms. The van der Waals surface area contributed by atoms with E-state index in [2.05, 4.69) is 0 Å². The molecule has 0 saturated carbocycles. The number of hydrogen-bond donors (Lipinski definition) is 0. The number of halogens is 10. The van der Waals surface area contributed by atoms with E-state index in [1.807, 2.05) is 0 Å². The van der Waals surface area contributed by atoms with Crippen LogP contribution in [0.3, 0.4) is 0 Å². The van der Waals surface area contributed by atoms with Crippen LogP contribution in [0.1, 0.15) is 0 Å². The van der Waals surface area contributed by atoms with Crippen LogP contribution in [-0.4, -0.2) is 49.7 Å². The third-order valence-electron chi connectivity index (χ3n) is 3.93. The van der Waals surface area contributed by atoms with Crippen LogP contribution in [0.15, 0.2) is 60.7 Å². The van der Waals surface area contributed by atoms with Crippen LogP contribution in [0.4, 0.5) is 43.9 Å². The van der Waals surface area contributed by atoms with Crippen molar-refractivity contribution in [1.82, 2.24) is 0 Å².